The Bertz CT molecular complexity index is 602. The predicted molar refractivity (Wildman–Crippen MR) is 85.9 cm³/mol. The zero-order valence-electron chi connectivity index (χ0n) is 14.3. The van der Waals surface area contributed by atoms with E-state index >= 15 is 0 Å². The Hall–Kier alpha value is -2.69. The highest BCUT2D eigenvalue weighted by Crippen LogP contribution is 2.12. The maximum Gasteiger partial charge on any atom is 0.413 e. The van der Waals surface area contributed by atoms with Crippen molar-refractivity contribution in [3.63, 3.8) is 0 Å². The molecule has 1 rings (SSSR count). The molecule has 0 fully saturated rings. The maximum atomic E-state index is 11.6. The molecule has 0 saturated carbocycles. The lowest BCUT2D eigenvalue weighted by molar-refractivity contribution is -0.146. The highest BCUT2D eigenvalue weighted by Gasteiger charge is 2.19. The smallest absolute Gasteiger partial charge is 0.413 e. The molecule has 1 unspecified atom stereocenters. The van der Waals surface area contributed by atoms with E-state index in [-0.39, 0.29) is 12.4 Å². The number of hydrogen-bond acceptors (Lipinski definition) is 7. The van der Waals surface area contributed by atoms with E-state index in [9.17, 15) is 9.59 Å². The summed E-state index contributed by atoms with van der Waals surface area (Å²) >= 11 is 0. The minimum absolute atomic E-state index is 0.238. The molecule has 0 aromatic carbocycles. The molecule has 1 aromatic rings. The van der Waals surface area contributed by atoms with Crippen molar-refractivity contribution in [3.8, 4) is 6.07 Å². The number of amides is 1. The Kier molecular flexibility index (Phi) is 7.11. The van der Waals surface area contributed by atoms with Crippen LogP contribution in [0.15, 0.2) is 12.4 Å². The van der Waals surface area contributed by atoms with Gasteiger partial charge in [-0.05, 0) is 40.5 Å². The van der Waals surface area contributed by atoms with Crippen molar-refractivity contribution in [1.29, 1.82) is 5.26 Å². The van der Waals surface area contributed by atoms with Crippen LogP contribution in [-0.2, 0) is 20.7 Å². The summed E-state index contributed by atoms with van der Waals surface area (Å²) in [5.41, 5.74) is 0.00548. The first-order valence-electron chi connectivity index (χ1n) is 7.62. The standard InChI is InChI=1S/C16H22N4O4/c1-5-23-14(21)11(8-17)6-7-12-9-19-13(10-18-12)20-15(22)24-16(2,3)4/h9-11H,5-7H2,1-4H3,(H,19,20,22). The highest BCUT2D eigenvalue weighted by atomic mass is 16.6. The maximum absolute atomic E-state index is 11.6. The van der Waals surface area contributed by atoms with Gasteiger partial charge < -0.3 is 9.47 Å². The second-order valence-electron chi connectivity index (χ2n) is 5.99. The number of esters is 1. The van der Waals surface area contributed by atoms with E-state index in [4.69, 9.17) is 14.7 Å². The largest absolute Gasteiger partial charge is 0.465 e. The average Bonchev–Trinajstić information content (AvgIpc) is 2.48. The molecule has 0 aliphatic rings. The lowest BCUT2D eigenvalue weighted by atomic mass is 10.0. The molecule has 0 spiro atoms. The fourth-order valence-electron chi connectivity index (χ4n) is 1.73. The summed E-state index contributed by atoms with van der Waals surface area (Å²) in [5, 5.41) is 11.5. The number of carbonyl (C=O) groups excluding carboxylic acids is 2. The normalized spacial score (nSPS) is 12.0. The number of rotatable bonds is 6. The predicted octanol–water partition coefficient (Wildman–Crippen LogP) is 2.46. The Balaban J connectivity index is 2.54. The molecule has 24 heavy (non-hydrogen) atoms. The molecule has 8 heteroatoms. The summed E-state index contributed by atoms with van der Waals surface area (Å²) in [7, 11) is 0. The summed E-state index contributed by atoms with van der Waals surface area (Å²) in [4.78, 5) is 31.4. The number of aryl methyl sites for hydroxylation is 1. The Labute approximate surface area is 141 Å². The summed E-state index contributed by atoms with van der Waals surface area (Å²) in [6.45, 7) is 7.21. The van der Waals surface area contributed by atoms with Crippen LogP contribution < -0.4 is 5.32 Å². The quantitative estimate of drug-likeness (QED) is 0.795. The van der Waals surface area contributed by atoms with Crippen molar-refractivity contribution < 1.29 is 19.1 Å². The molecular weight excluding hydrogens is 312 g/mol. The first-order valence-corrected chi connectivity index (χ1v) is 7.62. The van der Waals surface area contributed by atoms with Crippen LogP contribution in [0.3, 0.4) is 0 Å². The van der Waals surface area contributed by atoms with Crippen LogP contribution in [0.25, 0.3) is 0 Å². The van der Waals surface area contributed by atoms with Crippen LogP contribution in [0.5, 0.6) is 0 Å². The van der Waals surface area contributed by atoms with Crippen molar-refractivity contribution in [2.24, 2.45) is 5.92 Å². The molecule has 0 bridgehead atoms. The number of nitriles is 1. The van der Waals surface area contributed by atoms with Gasteiger partial charge in [0.15, 0.2) is 5.82 Å². The molecular formula is C16H22N4O4. The number of nitrogens with one attached hydrogen (secondary N) is 1. The Morgan fingerprint density at radius 1 is 1.33 bits per heavy atom. The minimum Gasteiger partial charge on any atom is -0.465 e. The number of aromatic nitrogens is 2. The van der Waals surface area contributed by atoms with Crippen LogP contribution in [0.2, 0.25) is 0 Å². The second kappa shape index (κ2) is 8.82. The fraction of sp³-hybridized carbons (Fsp3) is 0.562. The van der Waals surface area contributed by atoms with E-state index in [0.29, 0.717) is 18.5 Å². The topological polar surface area (TPSA) is 114 Å². The first kappa shape index (κ1) is 19.4. The monoisotopic (exact) mass is 334 g/mol. The SMILES string of the molecule is CCOC(=O)C(C#N)CCc1cnc(NC(=O)OC(C)(C)C)cn1. The van der Waals surface area contributed by atoms with E-state index in [1.165, 1.54) is 12.4 Å². The minimum atomic E-state index is -0.827. The van der Waals surface area contributed by atoms with Crippen molar-refractivity contribution in [2.75, 3.05) is 11.9 Å². The summed E-state index contributed by atoms with van der Waals surface area (Å²) < 4.78 is 9.94. The number of carbonyl (C=O) groups is 2. The molecule has 1 amide bonds. The number of nitrogens with zero attached hydrogens (tertiary/aromatic N) is 3. The van der Waals surface area contributed by atoms with Gasteiger partial charge >= 0.3 is 12.1 Å². The third kappa shape index (κ3) is 7.05. The van der Waals surface area contributed by atoms with E-state index in [1.807, 2.05) is 6.07 Å². The van der Waals surface area contributed by atoms with Crippen molar-refractivity contribution in [1.82, 2.24) is 9.97 Å². The summed E-state index contributed by atoms with van der Waals surface area (Å²) in [6, 6.07) is 1.92. The van der Waals surface area contributed by atoms with Gasteiger partial charge in [0.25, 0.3) is 0 Å². The molecule has 1 N–H and O–H groups in total. The first-order chi connectivity index (χ1) is 11.2. The summed E-state index contributed by atoms with van der Waals surface area (Å²) in [6.07, 6.45) is 2.95. The van der Waals surface area contributed by atoms with Crippen molar-refractivity contribution >= 4 is 17.9 Å². The van der Waals surface area contributed by atoms with E-state index in [0.717, 1.165) is 0 Å². The second-order valence-corrected chi connectivity index (χ2v) is 5.99. The number of anilines is 1. The average molecular weight is 334 g/mol. The van der Waals surface area contributed by atoms with Gasteiger partial charge in [0.2, 0.25) is 0 Å². The van der Waals surface area contributed by atoms with Gasteiger partial charge in [0.05, 0.1) is 30.8 Å². The third-order valence-electron chi connectivity index (χ3n) is 2.75. The van der Waals surface area contributed by atoms with Crippen molar-refractivity contribution in [2.45, 2.75) is 46.1 Å². The van der Waals surface area contributed by atoms with Gasteiger partial charge in [-0.25, -0.2) is 9.78 Å². The van der Waals surface area contributed by atoms with Gasteiger partial charge in [-0.1, -0.05) is 0 Å². The zero-order valence-corrected chi connectivity index (χ0v) is 14.3. The molecule has 0 radical (unpaired) electrons. The fourth-order valence-corrected chi connectivity index (χ4v) is 1.73. The Morgan fingerprint density at radius 3 is 2.54 bits per heavy atom. The van der Waals surface area contributed by atoms with E-state index in [1.54, 1.807) is 27.7 Å². The van der Waals surface area contributed by atoms with Gasteiger partial charge in [0.1, 0.15) is 11.5 Å². The molecule has 1 atom stereocenters. The molecule has 130 valence electrons. The van der Waals surface area contributed by atoms with Gasteiger partial charge in [-0.2, -0.15) is 5.26 Å². The van der Waals surface area contributed by atoms with Crippen LogP contribution >= 0.6 is 0 Å². The molecule has 8 nitrogen and oxygen atoms in total. The number of ether oxygens (including phenoxy) is 2. The number of hydrogen-bond donors (Lipinski definition) is 1. The van der Waals surface area contributed by atoms with Gasteiger partial charge in [-0.15, -0.1) is 0 Å². The molecule has 1 aromatic heterocycles. The van der Waals surface area contributed by atoms with Crippen molar-refractivity contribution in [3.05, 3.63) is 18.1 Å². The van der Waals surface area contributed by atoms with Crippen LogP contribution in [0, 0.1) is 17.2 Å². The molecule has 0 aliphatic heterocycles. The lowest BCUT2D eigenvalue weighted by Crippen LogP contribution is -2.27. The molecule has 1 heterocycles. The van der Waals surface area contributed by atoms with Crippen LogP contribution in [-0.4, -0.2) is 34.2 Å². The molecule has 0 aliphatic carbocycles. The van der Waals surface area contributed by atoms with E-state index in [2.05, 4.69) is 15.3 Å². The van der Waals surface area contributed by atoms with Crippen LogP contribution in [0.1, 0.15) is 39.8 Å². The molecule has 0 saturated heterocycles. The Morgan fingerprint density at radius 2 is 2.04 bits per heavy atom. The third-order valence-corrected chi connectivity index (χ3v) is 2.75. The highest BCUT2D eigenvalue weighted by molar-refractivity contribution is 5.83. The summed E-state index contributed by atoms with van der Waals surface area (Å²) in [5.74, 6) is -1.10. The van der Waals surface area contributed by atoms with Gasteiger partial charge in [-0.3, -0.25) is 15.1 Å². The zero-order chi connectivity index (χ0) is 18.2. The van der Waals surface area contributed by atoms with Gasteiger partial charge in [0, 0.05) is 0 Å². The van der Waals surface area contributed by atoms with E-state index < -0.39 is 23.6 Å². The van der Waals surface area contributed by atoms with Crippen LogP contribution in [0.4, 0.5) is 10.6 Å². The lowest BCUT2D eigenvalue weighted by Gasteiger charge is -2.19.